The van der Waals surface area contributed by atoms with Crippen molar-refractivity contribution in [3.05, 3.63) is 49.0 Å². The third kappa shape index (κ3) is 3.32. The maximum absolute atomic E-state index is 3.93. The lowest BCUT2D eigenvalue weighted by Crippen LogP contribution is -2.10. The maximum Gasteiger partial charge on any atom is 0.0377 e. The molecule has 1 heterocycles. The van der Waals surface area contributed by atoms with Gasteiger partial charge in [-0.25, -0.2) is 0 Å². The van der Waals surface area contributed by atoms with Crippen molar-refractivity contribution in [3.63, 3.8) is 0 Å². The minimum Gasteiger partial charge on any atom is -0.325 e. The van der Waals surface area contributed by atoms with Crippen molar-refractivity contribution >= 4 is 0 Å². The van der Waals surface area contributed by atoms with Gasteiger partial charge in [-0.2, -0.15) is 0 Å². The Bertz CT molecular complexity index is 274. The zero-order chi connectivity index (χ0) is 9.90. The first kappa shape index (κ1) is 9.85. The molecule has 1 nitrogen and oxygen atoms in total. The first-order valence-corrected chi connectivity index (χ1v) is 4.50. The second kappa shape index (κ2) is 3.65. The predicted octanol–water partition coefficient (Wildman–Crippen LogP) is 3.45. The van der Waals surface area contributed by atoms with Crippen LogP contribution >= 0.6 is 0 Å². The van der Waals surface area contributed by atoms with Gasteiger partial charge in [0, 0.05) is 18.1 Å². The van der Waals surface area contributed by atoms with E-state index >= 15 is 0 Å². The van der Waals surface area contributed by atoms with E-state index in [2.05, 4.69) is 39.6 Å². The fourth-order valence-corrected chi connectivity index (χ4v) is 0.940. The van der Waals surface area contributed by atoms with Gasteiger partial charge in [0.05, 0.1) is 0 Å². The molecule has 0 N–H and O–H groups in total. The van der Waals surface area contributed by atoms with Crippen LogP contribution in [0.2, 0.25) is 0 Å². The zero-order valence-corrected chi connectivity index (χ0v) is 8.62. The van der Waals surface area contributed by atoms with Crippen LogP contribution < -0.4 is 0 Å². The lowest BCUT2D eigenvalue weighted by Gasteiger charge is -2.20. The molecule has 0 amide bonds. The predicted molar refractivity (Wildman–Crippen MR) is 57.9 cm³/mol. The molecule has 0 radical (unpaired) electrons. The Labute approximate surface area is 80.7 Å². The Morgan fingerprint density at radius 2 is 2.00 bits per heavy atom. The maximum atomic E-state index is 3.93. The molecule has 1 heteroatoms. The van der Waals surface area contributed by atoms with Crippen molar-refractivity contribution in [2.24, 2.45) is 5.41 Å². The van der Waals surface area contributed by atoms with Crippen molar-refractivity contribution < 1.29 is 0 Å². The summed E-state index contributed by atoms with van der Waals surface area (Å²) < 4.78 is 0. The van der Waals surface area contributed by atoms with Gasteiger partial charge in [-0.3, -0.25) is 0 Å². The Morgan fingerprint density at radius 1 is 1.31 bits per heavy atom. The summed E-state index contributed by atoms with van der Waals surface area (Å²) in [6.07, 6.45) is 12.2. The summed E-state index contributed by atoms with van der Waals surface area (Å²) in [7, 11) is 0. The van der Waals surface area contributed by atoms with Gasteiger partial charge in [0.2, 0.25) is 0 Å². The van der Waals surface area contributed by atoms with Crippen LogP contribution in [0.1, 0.15) is 20.8 Å². The van der Waals surface area contributed by atoms with Gasteiger partial charge in [-0.05, 0) is 17.6 Å². The highest BCUT2D eigenvalue weighted by Gasteiger charge is 2.06. The van der Waals surface area contributed by atoms with Crippen LogP contribution in [0.3, 0.4) is 0 Å². The summed E-state index contributed by atoms with van der Waals surface area (Å²) in [6, 6.07) is 0. The molecule has 1 rings (SSSR count). The second-order valence-corrected chi connectivity index (χ2v) is 4.28. The normalized spacial score (nSPS) is 17.5. The molecule has 0 aliphatic carbocycles. The van der Waals surface area contributed by atoms with Crippen molar-refractivity contribution in [1.29, 1.82) is 0 Å². The SMILES string of the molecule is C=C1C=CC=CN1/C=C\C(C)(C)C. The third-order valence-electron chi connectivity index (χ3n) is 1.71. The summed E-state index contributed by atoms with van der Waals surface area (Å²) in [5, 5.41) is 0. The Hall–Kier alpha value is -1.24. The Kier molecular flexibility index (Phi) is 2.76. The van der Waals surface area contributed by atoms with Crippen LogP contribution in [-0.4, -0.2) is 4.90 Å². The smallest absolute Gasteiger partial charge is 0.0377 e. The van der Waals surface area contributed by atoms with Crippen LogP contribution in [0.15, 0.2) is 49.0 Å². The van der Waals surface area contributed by atoms with Gasteiger partial charge in [0.25, 0.3) is 0 Å². The topological polar surface area (TPSA) is 3.24 Å². The average Bonchev–Trinajstić information content (AvgIpc) is 2.01. The minimum atomic E-state index is 0.218. The van der Waals surface area contributed by atoms with Gasteiger partial charge in [0.1, 0.15) is 0 Å². The van der Waals surface area contributed by atoms with E-state index in [9.17, 15) is 0 Å². The lowest BCUT2D eigenvalue weighted by molar-refractivity contribution is 0.526. The molecule has 1 aliphatic heterocycles. The van der Waals surface area contributed by atoms with Gasteiger partial charge in [0.15, 0.2) is 0 Å². The first-order valence-electron chi connectivity index (χ1n) is 4.50. The molecule has 13 heavy (non-hydrogen) atoms. The van der Waals surface area contributed by atoms with E-state index in [0.717, 1.165) is 5.70 Å². The molecule has 0 bridgehead atoms. The average molecular weight is 175 g/mol. The summed E-state index contributed by atoms with van der Waals surface area (Å²) >= 11 is 0. The highest BCUT2D eigenvalue weighted by atomic mass is 15.1. The van der Waals surface area contributed by atoms with E-state index in [4.69, 9.17) is 0 Å². The molecule has 0 spiro atoms. The van der Waals surface area contributed by atoms with E-state index in [1.807, 2.05) is 29.3 Å². The van der Waals surface area contributed by atoms with E-state index < -0.39 is 0 Å². The second-order valence-electron chi connectivity index (χ2n) is 4.28. The molecule has 0 aromatic carbocycles. The molecular weight excluding hydrogens is 158 g/mol. The number of hydrogen-bond donors (Lipinski definition) is 0. The van der Waals surface area contributed by atoms with Crippen molar-refractivity contribution in [1.82, 2.24) is 4.90 Å². The van der Waals surface area contributed by atoms with E-state index in [-0.39, 0.29) is 5.41 Å². The monoisotopic (exact) mass is 175 g/mol. The fourth-order valence-electron chi connectivity index (χ4n) is 0.940. The van der Waals surface area contributed by atoms with E-state index in [1.165, 1.54) is 0 Å². The molecule has 0 atom stereocenters. The highest BCUT2D eigenvalue weighted by Crippen LogP contribution is 2.17. The van der Waals surface area contributed by atoms with Crippen molar-refractivity contribution in [2.75, 3.05) is 0 Å². The molecule has 0 unspecified atom stereocenters. The fraction of sp³-hybridized carbons (Fsp3) is 0.333. The molecular formula is C12H17N. The summed E-state index contributed by atoms with van der Waals surface area (Å²) in [4.78, 5) is 2.02. The Balaban J connectivity index is 2.65. The number of nitrogens with zero attached hydrogens (tertiary/aromatic N) is 1. The lowest BCUT2D eigenvalue weighted by atomic mass is 9.97. The molecule has 0 saturated heterocycles. The van der Waals surface area contributed by atoms with E-state index in [1.54, 1.807) is 0 Å². The summed E-state index contributed by atoms with van der Waals surface area (Å²) in [5.41, 5.74) is 1.22. The molecule has 0 saturated carbocycles. The van der Waals surface area contributed by atoms with E-state index in [0.29, 0.717) is 0 Å². The molecule has 70 valence electrons. The minimum absolute atomic E-state index is 0.218. The van der Waals surface area contributed by atoms with Crippen molar-refractivity contribution in [2.45, 2.75) is 20.8 Å². The highest BCUT2D eigenvalue weighted by molar-refractivity contribution is 5.27. The Morgan fingerprint density at radius 3 is 2.54 bits per heavy atom. The van der Waals surface area contributed by atoms with Crippen molar-refractivity contribution in [3.8, 4) is 0 Å². The quantitative estimate of drug-likeness (QED) is 0.590. The number of allylic oxidation sites excluding steroid dienone is 4. The number of hydrogen-bond acceptors (Lipinski definition) is 1. The van der Waals surface area contributed by atoms with Crippen LogP contribution in [-0.2, 0) is 0 Å². The van der Waals surface area contributed by atoms with Gasteiger partial charge >= 0.3 is 0 Å². The zero-order valence-electron chi connectivity index (χ0n) is 8.62. The van der Waals surface area contributed by atoms with Crippen LogP contribution in [0.25, 0.3) is 0 Å². The van der Waals surface area contributed by atoms with Crippen LogP contribution in [0.5, 0.6) is 0 Å². The first-order chi connectivity index (χ1) is 5.99. The van der Waals surface area contributed by atoms with Crippen LogP contribution in [0.4, 0.5) is 0 Å². The molecule has 0 aromatic rings. The summed E-state index contributed by atoms with van der Waals surface area (Å²) in [5.74, 6) is 0. The largest absolute Gasteiger partial charge is 0.325 e. The molecule has 1 aliphatic rings. The number of rotatable bonds is 1. The van der Waals surface area contributed by atoms with Gasteiger partial charge < -0.3 is 4.90 Å². The summed E-state index contributed by atoms with van der Waals surface area (Å²) in [6.45, 7) is 10.5. The van der Waals surface area contributed by atoms with Crippen LogP contribution in [0, 0.1) is 5.41 Å². The van der Waals surface area contributed by atoms with Gasteiger partial charge in [-0.1, -0.05) is 39.5 Å². The third-order valence-corrected chi connectivity index (χ3v) is 1.71. The molecule has 0 aromatic heterocycles. The molecule has 0 fully saturated rings. The van der Waals surface area contributed by atoms with Gasteiger partial charge in [-0.15, -0.1) is 0 Å². The standard InChI is InChI=1S/C12H17N/c1-11-7-5-6-9-13(11)10-8-12(2,3)4/h5-10H,1H2,2-4H3/b10-8-.